The van der Waals surface area contributed by atoms with E-state index in [-0.39, 0.29) is 11.7 Å². The molecular formula is C21H28FN3O3S. The fourth-order valence-electron chi connectivity index (χ4n) is 2.92. The molecule has 0 bridgehead atoms. The molecule has 1 atom stereocenters. The average Bonchev–Trinajstić information content (AvgIpc) is 2.67. The first-order valence-corrected chi connectivity index (χ1v) is 10.8. The molecule has 2 aromatic rings. The summed E-state index contributed by atoms with van der Waals surface area (Å²) in [6.45, 7) is 5.42. The van der Waals surface area contributed by atoms with Gasteiger partial charge in [0.05, 0.1) is 11.7 Å². The molecule has 6 nitrogen and oxygen atoms in total. The van der Waals surface area contributed by atoms with Crippen LogP contribution in [0.3, 0.4) is 0 Å². The summed E-state index contributed by atoms with van der Waals surface area (Å²) in [4.78, 5) is 12.7. The van der Waals surface area contributed by atoms with Gasteiger partial charge in [0.2, 0.25) is 5.91 Å². The molecule has 0 aliphatic carbocycles. The Labute approximate surface area is 172 Å². The monoisotopic (exact) mass is 421 g/mol. The van der Waals surface area contributed by atoms with Crippen LogP contribution >= 0.6 is 0 Å². The molecular weight excluding hydrogens is 393 g/mol. The van der Waals surface area contributed by atoms with E-state index in [1.807, 2.05) is 39.0 Å². The lowest BCUT2D eigenvalue weighted by Gasteiger charge is -2.28. The van der Waals surface area contributed by atoms with Crippen molar-refractivity contribution < 1.29 is 17.6 Å². The number of hydrogen-bond acceptors (Lipinski definition) is 3. The Morgan fingerprint density at radius 1 is 1.10 bits per heavy atom. The average molecular weight is 422 g/mol. The molecule has 0 saturated carbocycles. The second-order valence-electron chi connectivity index (χ2n) is 7.12. The molecule has 0 aliphatic rings. The Balaban J connectivity index is 2.29. The molecule has 2 rings (SSSR count). The number of aryl methyl sites for hydroxylation is 2. The van der Waals surface area contributed by atoms with Crippen LogP contribution in [-0.2, 0) is 15.0 Å². The van der Waals surface area contributed by atoms with Crippen molar-refractivity contribution >= 4 is 21.8 Å². The van der Waals surface area contributed by atoms with Gasteiger partial charge in [-0.3, -0.25) is 4.79 Å². The second kappa shape index (κ2) is 9.37. The second-order valence-corrected chi connectivity index (χ2v) is 9.19. The number of benzene rings is 2. The van der Waals surface area contributed by atoms with Gasteiger partial charge >= 0.3 is 10.2 Å². The fraction of sp³-hybridized carbons (Fsp3) is 0.381. The Hall–Kier alpha value is -2.45. The zero-order valence-electron chi connectivity index (χ0n) is 17.4. The highest BCUT2D eigenvalue weighted by atomic mass is 32.2. The number of carbonyl (C=O) groups excluding carboxylic acids is 1. The molecule has 0 saturated heterocycles. The van der Waals surface area contributed by atoms with E-state index in [0.717, 1.165) is 31.4 Å². The molecule has 0 radical (unpaired) electrons. The molecule has 0 spiro atoms. The van der Waals surface area contributed by atoms with Crippen molar-refractivity contribution in [2.75, 3.05) is 24.9 Å². The first kappa shape index (κ1) is 22.8. The van der Waals surface area contributed by atoms with Gasteiger partial charge in [0.15, 0.2) is 0 Å². The summed E-state index contributed by atoms with van der Waals surface area (Å²) in [6.07, 6.45) is 0.633. The van der Waals surface area contributed by atoms with Gasteiger partial charge in [-0.2, -0.15) is 12.7 Å². The van der Waals surface area contributed by atoms with Gasteiger partial charge in [0.25, 0.3) is 0 Å². The number of para-hydroxylation sites is 1. The van der Waals surface area contributed by atoms with E-state index in [1.54, 1.807) is 0 Å². The van der Waals surface area contributed by atoms with Crippen LogP contribution in [0.2, 0.25) is 0 Å². The minimum atomic E-state index is -4.06. The van der Waals surface area contributed by atoms with Crippen molar-refractivity contribution in [3.63, 3.8) is 0 Å². The summed E-state index contributed by atoms with van der Waals surface area (Å²) < 4.78 is 41.5. The van der Waals surface area contributed by atoms with E-state index in [0.29, 0.717) is 6.42 Å². The molecule has 158 valence electrons. The lowest BCUT2D eigenvalue weighted by atomic mass is 9.99. The van der Waals surface area contributed by atoms with Gasteiger partial charge in [-0.05, 0) is 49.1 Å². The van der Waals surface area contributed by atoms with Crippen LogP contribution in [-0.4, -0.2) is 39.3 Å². The molecule has 29 heavy (non-hydrogen) atoms. The van der Waals surface area contributed by atoms with E-state index in [2.05, 4.69) is 5.32 Å². The lowest BCUT2D eigenvalue weighted by Crippen LogP contribution is -2.46. The molecule has 0 heterocycles. The molecule has 0 aromatic heterocycles. The largest absolute Gasteiger partial charge is 0.348 e. The van der Waals surface area contributed by atoms with Gasteiger partial charge in [-0.15, -0.1) is 0 Å². The van der Waals surface area contributed by atoms with Crippen LogP contribution in [0.4, 0.5) is 10.1 Å². The molecule has 0 unspecified atom stereocenters. The van der Waals surface area contributed by atoms with Gasteiger partial charge < -0.3 is 5.32 Å². The maximum absolute atomic E-state index is 14.3. The Morgan fingerprint density at radius 3 is 2.31 bits per heavy atom. The van der Waals surface area contributed by atoms with Crippen LogP contribution in [0.1, 0.15) is 36.1 Å². The number of rotatable bonds is 8. The fourth-order valence-corrected chi connectivity index (χ4v) is 3.99. The summed E-state index contributed by atoms with van der Waals surface area (Å²) in [5.41, 5.74) is 3.03. The normalized spacial score (nSPS) is 12.7. The van der Waals surface area contributed by atoms with E-state index in [1.165, 1.54) is 32.3 Å². The summed E-state index contributed by atoms with van der Waals surface area (Å²) in [7, 11) is -1.39. The predicted octanol–water partition coefficient (Wildman–Crippen LogP) is 3.32. The first-order valence-electron chi connectivity index (χ1n) is 9.39. The highest BCUT2D eigenvalue weighted by Gasteiger charge is 2.29. The number of halogens is 1. The van der Waals surface area contributed by atoms with Crippen molar-refractivity contribution in [2.24, 2.45) is 0 Å². The Bertz CT molecular complexity index is 977. The summed E-state index contributed by atoms with van der Waals surface area (Å²) in [5, 5.41) is 2.87. The van der Waals surface area contributed by atoms with Crippen molar-refractivity contribution in [3.8, 4) is 0 Å². The van der Waals surface area contributed by atoms with Crippen LogP contribution in [0.15, 0.2) is 42.5 Å². The molecule has 0 fully saturated rings. The third-order valence-corrected chi connectivity index (χ3v) is 6.63. The molecule has 8 heteroatoms. The number of nitrogens with one attached hydrogen (secondary N) is 1. The number of carbonyl (C=O) groups is 1. The molecule has 1 amide bonds. The quantitative estimate of drug-likeness (QED) is 0.711. The van der Waals surface area contributed by atoms with Crippen LogP contribution in [0.5, 0.6) is 0 Å². The van der Waals surface area contributed by atoms with Crippen molar-refractivity contribution in [3.05, 3.63) is 65.0 Å². The number of amides is 1. The molecule has 0 aliphatic heterocycles. The number of hydrogen-bond donors (Lipinski definition) is 1. The highest BCUT2D eigenvalue weighted by Crippen LogP contribution is 2.24. The highest BCUT2D eigenvalue weighted by molar-refractivity contribution is 7.90. The topological polar surface area (TPSA) is 69.7 Å². The van der Waals surface area contributed by atoms with Gasteiger partial charge in [0.1, 0.15) is 12.4 Å². The maximum atomic E-state index is 14.3. The first-order chi connectivity index (χ1) is 13.6. The lowest BCUT2D eigenvalue weighted by molar-refractivity contribution is -0.120. The zero-order valence-corrected chi connectivity index (χ0v) is 18.3. The molecule has 1 N–H and O–H groups in total. The van der Waals surface area contributed by atoms with E-state index in [4.69, 9.17) is 0 Å². The van der Waals surface area contributed by atoms with Crippen LogP contribution < -0.4 is 9.62 Å². The van der Waals surface area contributed by atoms with Crippen molar-refractivity contribution in [1.82, 2.24) is 9.62 Å². The van der Waals surface area contributed by atoms with Crippen molar-refractivity contribution in [2.45, 2.75) is 33.2 Å². The van der Waals surface area contributed by atoms with Gasteiger partial charge in [-0.25, -0.2) is 8.70 Å². The SMILES string of the molecule is CC[C@@H](NC(=O)CN(c1ccccc1F)S(=O)(=O)N(C)C)c1ccc(C)c(C)c1. The summed E-state index contributed by atoms with van der Waals surface area (Å²) in [6, 6.07) is 11.2. The smallest absolute Gasteiger partial charge is 0.304 e. The van der Waals surface area contributed by atoms with Crippen molar-refractivity contribution in [1.29, 1.82) is 0 Å². The van der Waals surface area contributed by atoms with Gasteiger partial charge in [0, 0.05) is 14.1 Å². The third kappa shape index (κ3) is 5.33. The van der Waals surface area contributed by atoms with Crippen LogP contribution in [0, 0.1) is 19.7 Å². The Morgan fingerprint density at radius 2 is 1.76 bits per heavy atom. The minimum Gasteiger partial charge on any atom is -0.348 e. The Kier molecular flexibility index (Phi) is 7.37. The van der Waals surface area contributed by atoms with E-state index >= 15 is 0 Å². The number of nitrogens with zero attached hydrogens (tertiary/aromatic N) is 2. The standard InChI is InChI=1S/C21H28FN3O3S/c1-6-19(17-12-11-15(2)16(3)13-17)23-21(26)14-25(29(27,28)24(4)5)20-10-8-7-9-18(20)22/h7-13,19H,6,14H2,1-5H3,(H,23,26)/t19-/m1/s1. The zero-order chi connectivity index (χ0) is 21.8. The molecule has 2 aromatic carbocycles. The van der Waals surface area contributed by atoms with E-state index in [9.17, 15) is 17.6 Å². The number of anilines is 1. The predicted molar refractivity (Wildman–Crippen MR) is 113 cm³/mol. The minimum absolute atomic E-state index is 0.171. The summed E-state index contributed by atoms with van der Waals surface area (Å²) in [5.74, 6) is -1.23. The maximum Gasteiger partial charge on any atom is 0.304 e. The van der Waals surface area contributed by atoms with Crippen LogP contribution in [0.25, 0.3) is 0 Å². The third-order valence-electron chi connectivity index (χ3n) is 4.83. The van der Waals surface area contributed by atoms with Gasteiger partial charge in [-0.1, -0.05) is 37.3 Å². The summed E-state index contributed by atoms with van der Waals surface area (Å²) >= 11 is 0. The van der Waals surface area contributed by atoms with E-state index < -0.39 is 28.5 Å².